The molecular formula is C20H32N4. The number of rotatable bonds is 0. The lowest BCUT2D eigenvalue weighted by Gasteiger charge is -2.28. The fourth-order valence-electron chi connectivity index (χ4n) is 4.17. The molecule has 4 nitrogen and oxygen atoms in total. The van der Waals surface area contributed by atoms with E-state index in [0.29, 0.717) is 5.41 Å². The molecule has 0 fully saturated rings. The zero-order valence-electron chi connectivity index (χ0n) is 16.2. The summed E-state index contributed by atoms with van der Waals surface area (Å²) in [5, 5.41) is 8.97. The molecule has 0 unspecified atom stereocenters. The third kappa shape index (κ3) is 3.28. The Morgan fingerprint density at radius 1 is 0.875 bits per heavy atom. The van der Waals surface area contributed by atoms with Crippen LogP contribution in [-0.2, 0) is 39.8 Å². The molecule has 0 bridgehead atoms. The van der Waals surface area contributed by atoms with E-state index in [1.54, 1.807) is 0 Å². The van der Waals surface area contributed by atoms with Gasteiger partial charge in [-0.25, -0.2) is 0 Å². The lowest BCUT2D eigenvalue weighted by molar-refractivity contribution is 0.311. The Bertz CT molecular complexity index is 707. The predicted octanol–water partition coefficient (Wildman–Crippen LogP) is 3.85. The summed E-state index contributed by atoms with van der Waals surface area (Å²) in [6.07, 6.45) is 8.81. The average molecular weight is 329 g/mol. The Labute approximate surface area is 146 Å². The third-order valence-corrected chi connectivity index (χ3v) is 5.81. The molecule has 132 valence electrons. The molecule has 4 rings (SSSR count). The maximum Gasteiger partial charge on any atom is 0.0664 e. The molecule has 0 saturated heterocycles. The van der Waals surface area contributed by atoms with Crippen molar-refractivity contribution in [3.05, 3.63) is 33.9 Å². The van der Waals surface area contributed by atoms with Crippen molar-refractivity contribution >= 4 is 0 Å². The first-order chi connectivity index (χ1) is 11.3. The molecule has 2 aromatic rings. The van der Waals surface area contributed by atoms with E-state index >= 15 is 0 Å². The highest BCUT2D eigenvalue weighted by Crippen LogP contribution is 2.35. The number of nitrogens with zero attached hydrogens (tertiary/aromatic N) is 4. The zero-order valence-corrected chi connectivity index (χ0v) is 16.2. The van der Waals surface area contributed by atoms with Gasteiger partial charge < -0.3 is 0 Å². The van der Waals surface area contributed by atoms with E-state index in [2.05, 4.69) is 44.9 Å². The highest BCUT2D eigenvalue weighted by atomic mass is 15.3. The lowest BCUT2D eigenvalue weighted by atomic mass is 9.76. The highest BCUT2D eigenvalue weighted by molar-refractivity contribution is 5.29. The second-order valence-electron chi connectivity index (χ2n) is 8.32. The van der Waals surface area contributed by atoms with Crippen LogP contribution in [0.25, 0.3) is 0 Å². The van der Waals surface area contributed by atoms with Crippen LogP contribution in [0.15, 0.2) is 0 Å². The van der Waals surface area contributed by atoms with Crippen LogP contribution in [0.5, 0.6) is 0 Å². The molecular weight excluding hydrogens is 296 g/mol. The molecule has 0 spiro atoms. The fraction of sp³-hybridized carbons (Fsp3) is 0.700. The van der Waals surface area contributed by atoms with Gasteiger partial charge in [-0.05, 0) is 75.3 Å². The smallest absolute Gasteiger partial charge is 0.0664 e. The van der Waals surface area contributed by atoms with Crippen LogP contribution < -0.4 is 0 Å². The van der Waals surface area contributed by atoms with Crippen molar-refractivity contribution in [3.63, 3.8) is 0 Å². The highest BCUT2D eigenvalue weighted by Gasteiger charge is 2.28. The molecule has 0 saturated carbocycles. The third-order valence-electron chi connectivity index (χ3n) is 5.81. The van der Waals surface area contributed by atoms with Crippen LogP contribution in [-0.4, -0.2) is 19.6 Å². The standard InChI is InChI=1S/C11H18N2.C9H14N2/c1-8-9-5-6-11(2,3)7-10(9)12-13(8)4;1-7-8-5-3-4-6-9(8)11(2)10-7/h5-7H2,1-4H3;3-6H2,1-2H3. The molecule has 0 N–H and O–H groups in total. The average Bonchev–Trinajstić information content (AvgIpc) is 2.96. The topological polar surface area (TPSA) is 35.6 Å². The first-order valence-corrected chi connectivity index (χ1v) is 9.31. The normalized spacial score (nSPS) is 18.4. The zero-order chi connectivity index (χ0) is 17.5. The van der Waals surface area contributed by atoms with Crippen molar-refractivity contribution in [2.24, 2.45) is 19.5 Å². The monoisotopic (exact) mass is 328 g/mol. The molecule has 4 heteroatoms. The summed E-state index contributed by atoms with van der Waals surface area (Å²) in [7, 11) is 4.10. The van der Waals surface area contributed by atoms with Crippen LogP contribution >= 0.6 is 0 Å². The van der Waals surface area contributed by atoms with Gasteiger partial charge in [0, 0.05) is 25.5 Å². The van der Waals surface area contributed by atoms with E-state index in [1.165, 1.54) is 72.4 Å². The largest absolute Gasteiger partial charge is 0.272 e. The number of aryl methyl sites for hydroxylation is 3. The molecule has 2 aliphatic carbocycles. The number of fused-ring (bicyclic) bond motifs is 2. The van der Waals surface area contributed by atoms with Crippen molar-refractivity contribution in [3.8, 4) is 0 Å². The van der Waals surface area contributed by atoms with Gasteiger partial charge in [0.25, 0.3) is 0 Å². The molecule has 2 aliphatic rings. The summed E-state index contributed by atoms with van der Waals surface area (Å²) in [6, 6.07) is 0. The predicted molar refractivity (Wildman–Crippen MR) is 98.3 cm³/mol. The molecule has 2 heterocycles. The van der Waals surface area contributed by atoms with Gasteiger partial charge in [-0.3, -0.25) is 9.36 Å². The van der Waals surface area contributed by atoms with E-state index in [4.69, 9.17) is 0 Å². The van der Waals surface area contributed by atoms with Crippen molar-refractivity contribution in [1.82, 2.24) is 19.6 Å². The van der Waals surface area contributed by atoms with E-state index in [0.717, 1.165) is 6.42 Å². The van der Waals surface area contributed by atoms with Crippen molar-refractivity contribution in [1.29, 1.82) is 0 Å². The van der Waals surface area contributed by atoms with Crippen molar-refractivity contribution < 1.29 is 0 Å². The Balaban J connectivity index is 0.000000143. The molecule has 0 aliphatic heterocycles. The van der Waals surface area contributed by atoms with Crippen molar-refractivity contribution in [2.45, 2.75) is 72.6 Å². The van der Waals surface area contributed by atoms with E-state index in [1.807, 2.05) is 16.4 Å². The molecule has 0 radical (unpaired) electrons. The molecule has 2 aromatic heterocycles. The van der Waals surface area contributed by atoms with Gasteiger partial charge in [0.1, 0.15) is 0 Å². The SMILES string of the molecule is Cc1c2c(nn1C)CC(C)(C)CC2.Cc1nn(C)c2c1CCCC2. The quantitative estimate of drug-likeness (QED) is 0.736. The van der Waals surface area contributed by atoms with E-state index in [9.17, 15) is 0 Å². The van der Waals surface area contributed by atoms with Gasteiger partial charge >= 0.3 is 0 Å². The van der Waals surface area contributed by atoms with E-state index < -0.39 is 0 Å². The van der Waals surface area contributed by atoms with E-state index in [-0.39, 0.29) is 0 Å². The first kappa shape index (κ1) is 17.2. The van der Waals surface area contributed by atoms with Gasteiger partial charge in [-0.15, -0.1) is 0 Å². The van der Waals surface area contributed by atoms with Crippen LogP contribution in [0.3, 0.4) is 0 Å². The van der Waals surface area contributed by atoms with Gasteiger partial charge in [-0.1, -0.05) is 13.8 Å². The summed E-state index contributed by atoms with van der Waals surface area (Å²) >= 11 is 0. The van der Waals surface area contributed by atoms with Gasteiger partial charge in [0.15, 0.2) is 0 Å². The molecule has 0 amide bonds. The maximum atomic E-state index is 4.56. The molecule has 0 aromatic carbocycles. The maximum absolute atomic E-state index is 4.56. The van der Waals surface area contributed by atoms with Gasteiger partial charge in [0.2, 0.25) is 0 Å². The minimum Gasteiger partial charge on any atom is -0.272 e. The Kier molecular flexibility index (Phi) is 4.58. The Morgan fingerprint density at radius 2 is 1.58 bits per heavy atom. The number of hydrogen-bond acceptors (Lipinski definition) is 2. The first-order valence-electron chi connectivity index (χ1n) is 9.31. The molecule has 24 heavy (non-hydrogen) atoms. The fourth-order valence-corrected chi connectivity index (χ4v) is 4.17. The molecule has 0 atom stereocenters. The minimum absolute atomic E-state index is 0.452. The summed E-state index contributed by atoms with van der Waals surface area (Å²) < 4.78 is 4.07. The van der Waals surface area contributed by atoms with Crippen LogP contribution in [0, 0.1) is 19.3 Å². The summed E-state index contributed by atoms with van der Waals surface area (Å²) in [5.74, 6) is 0. The number of hydrogen-bond donors (Lipinski definition) is 0. The van der Waals surface area contributed by atoms with Crippen LogP contribution in [0.4, 0.5) is 0 Å². The summed E-state index contributed by atoms with van der Waals surface area (Å²) in [5.41, 5.74) is 8.85. The van der Waals surface area contributed by atoms with Crippen LogP contribution in [0.1, 0.15) is 67.0 Å². The summed E-state index contributed by atoms with van der Waals surface area (Å²) in [4.78, 5) is 0. The second-order valence-corrected chi connectivity index (χ2v) is 8.32. The summed E-state index contributed by atoms with van der Waals surface area (Å²) in [6.45, 7) is 8.95. The van der Waals surface area contributed by atoms with Gasteiger partial charge in [-0.2, -0.15) is 10.2 Å². The van der Waals surface area contributed by atoms with Crippen molar-refractivity contribution in [2.75, 3.05) is 0 Å². The minimum atomic E-state index is 0.452. The Morgan fingerprint density at radius 3 is 2.29 bits per heavy atom. The lowest BCUT2D eigenvalue weighted by Crippen LogP contribution is -2.21. The van der Waals surface area contributed by atoms with Gasteiger partial charge in [0.05, 0.1) is 11.4 Å². The Hall–Kier alpha value is -1.58. The number of aromatic nitrogens is 4. The second kappa shape index (κ2) is 6.38. The van der Waals surface area contributed by atoms with Crippen LogP contribution in [0.2, 0.25) is 0 Å².